The van der Waals surface area contributed by atoms with Crippen LogP contribution in [0.25, 0.3) is 11.3 Å². The van der Waals surface area contributed by atoms with E-state index in [0.717, 1.165) is 36.2 Å². The molecule has 1 fully saturated rings. The fourth-order valence-corrected chi connectivity index (χ4v) is 6.08. The monoisotopic (exact) mass is 471 g/mol. The van der Waals surface area contributed by atoms with E-state index in [9.17, 15) is 13.2 Å². The van der Waals surface area contributed by atoms with Crippen LogP contribution >= 0.6 is 11.3 Å². The van der Waals surface area contributed by atoms with Gasteiger partial charge in [0.2, 0.25) is 10.0 Å². The first kappa shape index (κ1) is 22.4. The molecule has 168 valence electrons. The predicted octanol–water partition coefficient (Wildman–Crippen LogP) is 4.71. The van der Waals surface area contributed by atoms with Gasteiger partial charge < -0.3 is 10.1 Å². The van der Waals surface area contributed by atoms with Gasteiger partial charge in [0.15, 0.2) is 5.13 Å². The van der Waals surface area contributed by atoms with E-state index in [4.69, 9.17) is 4.74 Å². The summed E-state index contributed by atoms with van der Waals surface area (Å²) in [5, 5.41) is 5.89. The molecule has 0 bridgehead atoms. The maximum atomic E-state index is 13.0. The topological polar surface area (TPSA) is 97.4 Å². The Morgan fingerprint density at radius 3 is 2.38 bits per heavy atom. The lowest BCUT2D eigenvalue weighted by Crippen LogP contribution is -2.55. The second-order valence-corrected chi connectivity index (χ2v) is 10.3. The third-order valence-corrected chi connectivity index (χ3v) is 7.91. The number of benzene rings is 2. The number of carbonyl (C=O) groups is 1. The van der Waals surface area contributed by atoms with Gasteiger partial charge in [-0.3, -0.25) is 4.79 Å². The third kappa shape index (κ3) is 4.85. The minimum absolute atomic E-state index is 0.0982. The molecule has 1 aromatic heterocycles. The van der Waals surface area contributed by atoms with Crippen molar-refractivity contribution in [3.8, 4) is 11.3 Å². The molecule has 9 heteroatoms. The van der Waals surface area contributed by atoms with Gasteiger partial charge in [0, 0.05) is 16.6 Å². The molecule has 0 aliphatic heterocycles. The Hall–Kier alpha value is -2.75. The third-order valence-electron chi connectivity index (χ3n) is 5.60. The highest BCUT2D eigenvalue weighted by atomic mass is 32.2. The van der Waals surface area contributed by atoms with Crippen molar-refractivity contribution >= 4 is 38.1 Å². The number of nitrogens with zero attached hydrogens (tertiary/aromatic N) is 1. The van der Waals surface area contributed by atoms with Crippen LogP contribution in [-0.4, -0.2) is 32.0 Å². The molecule has 0 radical (unpaired) electrons. The van der Waals surface area contributed by atoms with Crippen LogP contribution in [0.5, 0.6) is 0 Å². The molecule has 0 atom stereocenters. The second-order valence-electron chi connectivity index (χ2n) is 7.79. The summed E-state index contributed by atoms with van der Waals surface area (Å²) in [6.07, 6.45) is 3.40. The number of esters is 1. The van der Waals surface area contributed by atoms with Crippen molar-refractivity contribution < 1.29 is 17.9 Å². The molecule has 2 aromatic carbocycles. The van der Waals surface area contributed by atoms with E-state index in [1.165, 1.54) is 30.6 Å². The molecule has 1 saturated carbocycles. The van der Waals surface area contributed by atoms with E-state index >= 15 is 0 Å². The molecule has 7 nitrogen and oxygen atoms in total. The fourth-order valence-electron chi connectivity index (χ4n) is 3.93. The highest BCUT2D eigenvalue weighted by Crippen LogP contribution is 2.32. The molecule has 0 amide bonds. The quantitative estimate of drug-likeness (QED) is 0.485. The number of anilines is 2. The molecule has 0 unspecified atom stereocenters. The first-order chi connectivity index (χ1) is 15.4. The van der Waals surface area contributed by atoms with Crippen LogP contribution in [0.3, 0.4) is 0 Å². The van der Waals surface area contributed by atoms with Gasteiger partial charge in [0.25, 0.3) is 0 Å². The summed E-state index contributed by atoms with van der Waals surface area (Å²) in [4.78, 5) is 17.1. The fraction of sp³-hybridized carbons (Fsp3) is 0.304. The largest absolute Gasteiger partial charge is 0.468 e. The van der Waals surface area contributed by atoms with Gasteiger partial charge in [-0.05, 0) is 37.1 Å². The molecule has 32 heavy (non-hydrogen) atoms. The number of ether oxygens (including phenoxy) is 1. The number of hydrogen-bond acceptors (Lipinski definition) is 7. The van der Waals surface area contributed by atoms with E-state index in [-0.39, 0.29) is 4.90 Å². The minimum Gasteiger partial charge on any atom is -0.468 e. The Labute approximate surface area is 191 Å². The summed E-state index contributed by atoms with van der Waals surface area (Å²) >= 11 is 1.47. The van der Waals surface area contributed by atoms with Gasteiger partial charge in [-0.15, -0.1) is 11.3 Å². The Bertz CT molecular complexity index is 1170. The highest BCUT2D eigenvalue weighted by Gasteiger charge is 2.44. The average Bonchev–Trinajstić information content (AvgIpc) is 3.28. The van der Waals surface area contributed by atoms with E-state index in [1.807, 2.05) is 35.7 Å². The number of methoxy groups -OCH3 is 1. The van der Waals surface area contributed by atoms with Gasteiger partial charge in [-0.1, -0.05) is 49.6 Å². The average molecular weight is 472 g/mol. The summed E-state index contributed by atoms with van der Waals surface area (Å²) in [5.41, 5.74) is 1.43. The van der Waals surface area contributed by atoms with Gasteiger partial charge in [-0.2, -0.15) is 4.72 Å². The number of aromatic nitrogens is 1. The molecular formula is C23H25N3O4S2. The lowest BCUT2D eigenvalue weighted by Gasteiger charge is -2.34. The Kier molecular flexibility index (Phi) is 6.59. The Balaban J connectivity index is 1.48. The molecule has 2 N–H and O–H groups in total. The van der Waals surface area contributed by atoms with Crippen molar-refractivity contribution in [2.45, 2.75) is 42.5 Å². The number of thiazole rings is 1. The maximum absolute atomic E-state index is 13.0. The number of nitrogens with one attached hydrogen (secondary N) is 2. The highest BCUT2D eigenvalue weighted by molar-refractivity contribution is 7.89. The van der Waals surface area contributed by atoms with Crippen LogP contribution in [0, 0.1) is 0 Å². The number of hydrogen-bond donors (Lipinski definition) is 2. The van der Waals surface area contributed by atoms with E-state index in [0.29, 0.717) is 18.0 Å². The van der Waals surface area contributed by atoms with Crippen LogP contribution in [0.2, 0.25) is 0 Å². The van der Waals surface area contributed by atoms with Gasteiger partial charge in [0.05, 0.1) is 17.7 Å². The minimum atomic E-state index is -3.89. The maximum Gasteiger partial charge on any atom is 0.327 e. The molecular weight excluding hydrogens is 446 g/mol. The molecule has 3 aromatic rings. The summed E-state index contributed by atoms with van der Waals surface area (Å²) in [7, 11) is -2.60. The van der Waals surface area contributed by atoms with Crippen molar-refractivity contribution in [1.82, 2.24) is 9.71 Å². The van der Waals surface area contributed by atoms with Crippen molar-refractivity contribution in [3.63, 3.8) is 0 Å². The molecule has 1 aliphatic rings. The first-order valence-corrected chi connectivity index (χ1v) is 12.8. The zero-order valence-electron chi connectivity index (χ0n) is 17.7. The van der Waals surface area contributed by atoms with Crippen molar-refractivity contribution in [1.29, 1.82) is 0 Å². The summed E-state index contributed by atoms with van der Waals surface area (Å²) < 4.78 is 33.6. The van der Waals surface area contributed by atoms with Crippen LogP contribution in [0.1, 0.15) is 32.1 Å². The zero-order valence-corrected chi connectivity index (χ0v) is 19.3. The van der Waals surface area contributed by atoms with Gasteiger partial charge in [0.1, 0.15) is 5.54 Å². The van der Waals surface area contributed by atoms with Crippen molar-refractivity contribution in [2.24, 2.45) is 0 Å². The van der Waals surface area contributed by atoms with Crippen LogP contribution in [-0.2, 0) is 19.6 Å². The predicted molar refractivity (Wildman–Crippen MR) is 125 cm³/mol. The Morgan fingerprint density at radius 1 is 1.03 bits per heavy atom. The SMILES string of the molecule is COC(=O)C1(NS(=O)(=O)c2ccc(Nc3nc(-c4ccccc4)cs3)cc2)CCCCC1. The Morgan fingerprint density at radius 2 is 1.72 bits per heavy atom. The van der Waals surface area contributed by atoms with E-state index < -0.39 is 21.5 Å². The van der Waals surface area contributed by atoms with E-state index in [1.54, 1.807) is 12.1 Å². The molecule has 0 saturated heterocycles. The normalized spacial score (nSPS) is 15.8. The zero-order chi connectivity index (χ0) is 22.6. The summed E-state index contributed by atoms with van der Waals surface area (Å²) in [6.45, 7) is 0. The smallest absolute Gasteiger partial charge is 0.327 e. The summed E-state index contributed by atoms with van der Waals surface area (Å²) in [6, 6.07) is 16.3. The molecule has 4 rings (SSSR count). The first-order valence-electron chi connectivity index (χ1n) is 10.4. The van der Waals surface area contributed by atoms with Crippen molar-refractivity contribution in [3.05, 3.63) is 60.0 Å². The number of sulfonamides is 1. The van der Waals surface area contributed by atoms with Gasteiger partial charge in [-0.25, -0.2) is 13.4 Å². The molecule has 0 spiro atoms. The standard InChI is InChI=1S/C23H25N3O4S2/c1-30-21(27)23(14-6-3-7-15-23)26-32(28,29)19-12-10-18(11-13-19)24-22-25-20(16-31-22)17-8-4-2-5-9-17/h2,4-5,8-13,16,26H,3,6-7,14-15H2,1H3,(H,24,25). The molecule has 1 heterocycles. The van der Waals surface area contributed by atoms with Crippen LogP contribution < -0.4 is 10.0 Å². The van der Waals surface area contributed by atoms with Crippen LogP contribution in [0.15, 0.2) is 64.9 Å². The van der Waals surface area contributed by atoms with Crippen LogP contribution in [0.4, 0.5) is 10.8 Å². The van der Waals surface area contributed by atoms with Gasteiger partial charge >= 0.3 is 5.97 Å². The number of carbonyl (C=O) groups excluding carboxylic acids is 1. The number of rotatable bonds is 7. The summed E-state index contributed by atoms with van der Waals surface area (Å²) in [5.74, 6) is -0.531. The molecule has 1 aliphatic carbocycles. The van der Waals surface area contributed by atoms with Crippen molar-refractivity contribution in [2.75, 3.05) is 12.4 Å². The lowest BCUT2D eigenvalue weighted by molar-refractivity contribution is -0.149. The van der Waals surface area contributed by atoms with E-state index in [2.05, 4.69) is 15.0 Å². The lowest BCUT2D eigenvalue weighted by atomic mass is 9.83. The second kappa shape index (κ2) is 9.40.